The summed E-state index contributed by atoms with van der Waals surface area (Å²) in [7, 11) is 0. The number of carbonyl (C=O) groups excluding carboxylic acids is 2. The van der Waals surface area contributed by atoms with Gasteiger partial charge in [-0.1, -0.05) is 6.07 Å². The van der Waals surface area contributed by atoms with Crippen LogP contribution >= 0.6 is 22.6 Å². The summed E-state index contributed by atoms with van der Waals surface area (Å²) in [5, 5.41) is 0. The summed E-state index contributed by atoms with van der Waals surface area (Å²) in [6.45, 7) is -0.0832. The van der Waals surface area contributed by atoms with Crippen molar-refractivity contribution in [1.82, 2.24) is 4.90 Å². The molecule has 0 fully saturated rings. The van der Waals surface area contributed by atoms with Crippen molar-refractivity contribution in [2.45, 2.75) is 6.54 Å². The Bertz CT molecular complexity index is 776. The van der Waals surface area contributed by atoms with E-state index in [0.29, 0.717) is 16.7 Å². The number of amides is 2. The Labute approximate surface area is 132 Å². The van der Waals surface area contributed by atoms with Crippen LogP contribution in [0.15, 0.2) is 36.4 Å². The number of imide groups is 1. The van der Waals surface area contributed by atoms with Gasteiger partial charge in [-0.25, -0.2) is 8.78 Å². The van der Waals surface area contributed by atoms with Crippen molar-refractivity contribution >= 4 is 34.4 Å². The van der Waals surface area contributed by atoms with E-state index in [1.165, 1.54) is 6.07 Å². The number of carbonyl (C=O) groups is 2. The van der Waals surface area contributed by atoms with Gasteiger partial charge >= 0.3 is 0 Å². The maximum atomic E-state index is 13.2. The lowest BCUT2D eigenvalue weighted by atomic mass is 10.1. The third-order valence-electron chi connectivity index (χ3n) is 3.26. The zero-order chi connectivity index (χ0) is 15.1. The van der Waals surface area contributed by atoms with Crippen LogP contribution in [0.4, 0.5) is 8.78 Å². The van der Waals surface area contributed by atoms with Gasteiger partial charge in [0.2, 0.25) is 0 Å². The van der Waals surface area contributed by atoms with Crippen LogP contribution in [-0.4, -0.2) is 16.7 Å². The molecule has 3 rings (SSSR count). The number of rotatable bonds is 2. The van der Waals surface area contributed by atoms with E-state index in [-0.39, 0.29) is 6.54 Å². The molecule has 21 heavy (non-hydrogen) atoms. The highest BCUT2D eigenvalue weighted by Crippen LogP contribution is 2.26. The summed E-state index contributed by atoms with van der Waals surface area (Å²) in [5.41, 5.74) is 1.04. The number of benzene rings is 2. The van der Waals surface area contributed by atoms with E-state index < -0.39 is 23.4 Å². The predicted octanol–water partition coefficient (Wildman–Crippen LogP) is 3.37. The third-order valence-corrected chi connectivity index (χ3v) is 3.93. The van der Waals surface area contributed by atoms with E-state index >= 15 is 0 Å². The molecule has 0 bridgehead atoms. The van der Waals surface area contributed by atoms with Gasteiger partial charge in [-0.2, -0.15) is 0 Å². The van der Waals surface area contributed by atoms with E-state index in [2.05, 4.69) is 22.6 Å². The first-order chi connectivity index (χ1) is 9.97. The molecule has 2 amide bonds. The Kier molecular flexibility index (Phi) is 3.48. The SMILES string of the molecule is O=C1c2ccc(I)cc2C(=O)N1Cc1ccc(F)c(F)c1. The van der Waals surface area contributed by atoms with Gasteiger partial charge in [0.15, 0.2) is 11.6 Å². The molecule has 0 aliphatic carbocycles. The van der Waals surface area contributed by atoms with E-state index in [1.54, 1.807) is 18.2 Å². The first-order valence-corrected chi connectivity index (χ1v) is 7.15. The van der Waals surface area contributed by atoms with Crippen molar-refractivity contribution in [3.8, 4) is 0 Å². The molecule has 0 saturated carbocycles. The topological polar surface area (TPSA) is 37.4 Å². The van der Waals surface area contributed by atoms with Crippen LogP contribution in [0.1, 0.15) is 26.3 Å². The van der Waals surface area contributed by atoms with Crippen molar-refractivity contribution in [2.24, 2.45) is 0 Å². The molecule has 2 aromatic carbocycles. The highest BCUT2D eigenvalue weighted by molar-refractivity contribution is 14.1. The van der Waals surface area contributed by atoms with Crippen molar-refractivity contribution < 1.29 is 18.4 Å². The van der Waals surface area contributed by atoms with Crippen molar-refractivity contribution in [1.29, 1.82) is 0 Å². The number of fused-ring (bicyclic) bond motifs is 1. The van der Waals surface area contributed by atoms with E-state index in [1.807, 2.05) is 0 Å². The summed E-state index contributed by atoms with van der Waals surface area (Å²) >= 11 is 2.06. The molecule has 3 nitrogen and oxygen atoms in total. The lowest BCUT2D eigenvalue weighted by molar-refractivity contribution is 0.0642. The van der Waals surface area contributed by atoms with Crippen molar-refractivity contribution in [3.05, 3.63) is 68.3 Å². The van der Waals surface area contributed by atoms with Gasteiger partial charge in [0.1, 0.15) is 0 Å². The molecule has 6 heteroatoms. The fourth-order valence-electron chi connectivity index (χ4n) is 2.23. The minimum atomic E-state index is -1.00. The second-order valence-corrected chi connectivity index (χ2v) is 5.88. The van der Waals surface area contributed by atoms with Crippen LogP contribution in [0.3, 0.4) is 0 Å². The van der Waals surface area contributed by atoms with Gasteiger partial charge in [-0.05, 0) is 58.5 Å². The largest absolute Gasteiger partial charge is 0.270 e. The smallest absolute Gasteiger partial charge is 0.261 e. The molecule has 0 unspecified atom stereocenters. The summed E-state index contributed by atoms with van der Waals surface area (Å²) in [6, 6.07) is 8.30. The first-order valence-electron chi connectivity index (χ1n) is 6.07. The van der Waals surface area contributed by atoms with E-state index in [9.17, 15) is 18.4 Å². The Hall–Kier alpha value is -1.83. The van der Waals surface area contributed by atoms with Crippen LogP contribution in [0.5, 0.6) is 0 Å². The lowest BCUT2D eigenvalue weighted by Gasteiger charge is -2.13. The van der Waals surface area contributed by atoms with Gasteiger partial charge in [0, 0.05) is 3.57 Å². The molecule has 106 valence electrons. The second kappa shape index (κ2) is 5.18. The fourth-order valence-corrected chi connectivity index (χ4v) is 2.72. The van der Waals surface area contributed by atoms with Crippen LogP contribution in [0.2, 0.25) is 0 Å². The Morgan fingerprint density at radius 3 is 2.33 bits per heavy atom. The number of hydrogen-bond donors (Lipinski definition) is 0. The average Bonchev–Trinajstić information content (AvgIpc) is 2.68. The maximum absolute atomic E-state index is 13.2. The standard InChI is InChI=1S/C15H8F2INO2/c16-12-4-1-8(5-13(12)17)7-19-14(20)10-3-2-9(18)6-11(10)15(19)21/h1-6H,7H2. The summed E-state index contributed by atoms with van der Waals surface area (Å²) in [5.74, 6) is -2.80. The molecule has 0 spiro atoms. The van der Waals surface area contributed by atoms with E-state index in [4.69, 9.17) is 0 Å². The molecule has 0 N–H and O–H groups in total. The fraction of sp³-hybridized carbons (Fsp3) is 0.0667. The maximum Gasteiger partial charge on any atom is 0.261 e. The predicted molar refractivity (Wildman–Crippen MR) is 79.7 cm³/mol. The van der Waals surface area contributed by atoms with Crippen LogP contribution in [0, 0.1) is 15.2 Å². The summed E-state index contributed by atoms with van der Waals surface area (Å²) < 4.78 is 26.9. The average molecular weight is 399 g/mol. The summed E-state index contributed by atoms with van der Waals surface area (Å²) in [6.07, 6.45) is 0. The quantitative estimate of drug-likeness (QED) is 0.574. The zero-order valence-corrected chi connectivity index (χ0v) is 12.7. The molecule has 0 saturated heterocycles. The molecule has 1 heterocycles. The van der Waals surface area contributed by atoms with Gasteiger partial charge in [0.25, 0.3) is 11.8 Å². The van der Waals surface area contributed by atoms with Crippen LogP contribution < -0.4 is 0 Å². The minimum Gasteiger partial charge on any atom is -0.270 e. The Balaban J connectivity index is 1.93. The summed E-state index contributed by atoms with van der Waals surface area (Å²) in [4.78, 5) is 25.5. The van der Waals surface area contributed by atoms with Crippen molar-refractivity contribution in [2.75, 3.05) is 0 Å². The molecule has 2 aromatic rings. The highest BCUT2D eigenvalue weighted by atomic mass is 127. The number of hydrogen-bond acceptors (Lipinski definition) is 2. The highest BCUT2D eigenvalue weighted by Gasteiger charge is 2.35. The molecule has 0 radical (unpaired) electrons. The number of halogens is 3. The molecule has 1 aliphatic heterocycles. The van der Waals surface area contributed by atoms with Gasteiger partial charge in [-0.15, -0.1) is 0 Å². The number of nitrogens with zero attached hydrogens (tertiary/aromatic N) is 1. The third kappa shape index (κ3) is 2.44. The van der Waals surface area contributed by atoms with E-state index in [0.717, 1.165) is 20.6 Å². The normalized spacial score (nSPS) is 13.8. The van der Waals surface area contributed by atoms with Gasteiger partial charge < -0.3 is 0 Å². The van der Waals surface area contributed by atoms with Gasteiger partial charge in [0.05, 0.1) is 17.7 Å². The first kappa shape index (κ1) is 14.1. The molecule has 0 atom stereocenters. The Morgan fingerprint density at radius 2 is 1.62 bits per heavy atom. The van der Waals surface area contributed by atoms with Crippen molar-refractivity contribution in [3.63, 3.8) is 0 Å². The Morgan fingerprint density at radius 1 is 0.905 bits per heavy atom. The molecular weight excluding hydrogens is 391 g/mol. The van der Waals surface area contributed by atoms with Gasteiger partial charge in [-0.3, -0.25) is 14.5 Å². The molecule has 0 aromatic heterocycles. The monoisotopic (exact) mass is 399 g/mol. The van der Waals surface area contributed by atoms with Crippen LogP contribution in [0.25, 0.3) is 0 Å². The second-order valence-electron chi connectivity index (χ2n) is 4.63. The molecule has 1 aliphatic rings. The van der Waals surface area contributed by atoms with Crippen LogP contribution in [-0.2, 0) is 6.54 Å². The lowest BCUT2D eigenvalue weighted by Crippen LogP contribution is -2.29. The molecular formula is C15H8F2INO2. The minimum absolute atomic E-state index is 0.0832. The zero-order valence-electron chi connectivity index (χ0n) is 10.6.